The fourth-order valence-electron chi connectivity index (χ4n) is 0. The molecule has 0 saturated carbocycles. The van der Waals surface area contributed by atoms with E-state index in [4.69, 9.17) is 10.1 Å². The Morgan fingerprint density at radius 1 is 1.75 bits per heavy atom. The predicted molar refractivity (Wildman–Crippen MR) is 7.58 cm³/mol. The van der Waals surface area contributed by atoms with Crippen LogP contribution in [0.15, 0.2) is 5.34 Å². The summed E-state index contributed by atoms with van der Waals surface area (Å²) in [4.78, 5) is 8.11. The molecule has 0 bridgehead atoms. The van der Waals surface area contributed by atoms with Gasteiger partial charge in [0.05, 0.1) is 0 Å². The minimum atomic E-state index is 0. The van der Waals surface area contributed by atoms with Crippen LogP contribution < -0.4 is 0 Å². The van der Waals surface area contributed by atoms with E-state index in [9.17, 15) is 0 Å². The monoisotopic (exact) mass is 149 g/mol. The quantitative estimate of drug-likeness (QED) is 0.302. The number of hydrogen-bond donors (Lipinski definition) is 1. The predicted octanol–water partition coefficient (Wildman–Crippen LogP) is 0.140. The van der Waals surface area contributed by atoms with E-state index in [2.05, 4.69) is 0 Å². The van der Waals surface area contributed by atoms with Crippen molar-refractivity contribution in [1.82, 2.24) is 0 Å². The molecule has 0 aliphatic rings. The summed E-state index contributed by atoms with van der Waals surface area (Å²) >= 11 is 0. The smallest absolute Gasteiger partial charge is 0.152 e. The van der Waals surface area contributed by atoms with E-state index < -0.39 is 0 Å². The van der Waals surface area contributed by atoms with E-state index in [1.807, 2.05) is 0 Å². The van der Waals surface area contributed by atoms with E-state index >= 15 is 0 Å². The van der Waals surface area contributed by atoms with Gasteiger partial charge in [0, 0.05) is 19.5 Å². The summed E-state index contributed by atoms with van der Waals surface area (Å²) in [5.74, 6) is 0. The van der Waals surface area contributed by atoms with Crippen LogP contribution in [0.2, 0.25) is 0 Å². The van der Waals surface area contributed by atoms with Gasteiger partial charge in [-0.15, -0.1) is 4.91 Å². The first-order valence-corrected chi connectivity index (χ1v) is 0.383. The van der Waals surface area contributed by atoms with Crippen molar-refractivity contribution in [2.24, 2.45) is 5.34 Å². The molecule has 0 aromatic rings. The summed E-state index contributed by atoms with van der Waals surface area (Å²) in [5.41, 5.74) is 0. The van der Waals surface area contributed by atoms with E-state index in [1.54, 1.807) is 0 Å². The molecule has 0 spiro atoms. The van der Waals surface area contributed by atoms with Crippen LogP contribution in [0.4, 0.5) is 0 Å². The van der Waals surface area contributed by atoms with Gasteiger partial charge >= 0.3 is 0 Å². The molecule has 1 N–H and O–H groups in total. The fourth-order valence-corrected chi connectivity index (χ4v) is 0. The summed E-state index contributed by atoms with van der Waals surface area (Å²) < 4.78 is 0. The third-order valence-electron chi connectivity index (χ3n) is 0. The second kappa shape index (κ2) is 11.8. The van der Waals surface area contributed by atoms with Crippen LogP contribution in [-0.4, -0.2) is 5.21 Å². The molecular weight excluding hydrogens is 147 g/mol. The second-order valence-corrected chi connectivity index (χ2v) is 0.0816. The van der Waals surface area contributed by atoms with E-state index in [1.165, 1.54) is 5.34 Å². The van der Waals surface area contributed by atoms with Crippen molar-refractivity contribution in [1.29, 1.82) is 0 Å². The Bertz CT molecular complexity index is 13.5. The Hall–Kier alpha value is 0.0234. The maximum atomic E-state index is 8.11. The molecule has 4 heteroatoms. The van der Waals surface area contributed by atoms with Crippen molar-refractivity contribution >= 4 is 0 Å². The van der Waals surface area contributed by atoms with Crippen molar-refractivity contribution in [2.45, 2.75) is 0 Å². The second-order valence-electron chi connectivity index (χ2n) is 0.0816. The van der Waals surface area contributed by atoms with Gasteiger partial charge in [-0.2, -0.15) is 0 Å². The number of rotatable bonds is 0. The molecule has 0 fully saturated rings. The zero-order valence-electron chi connectivity index (χ0n) is 1.66. The Morgan fingerprint density at radius 3 is 1.75 bits per heavy atom. The van der Waals surface area contributed by atoms with Crippen LogP contribution in [0.3, 0.4) is 0 Å². The Kier molecular flexibility index (Phi) is 26.5. The third kappa shape index (κ3) is 3880. The molecule has 0 saturated heterocycles. The van der Waals surface area contributed by atoms with Gasteiger partial charge in [0.25, 0.3) is 0 Å². The molecule has 0 aliphatic carbocycles. The zero-order chi connectivity index (χ0) is 2.71. The Morgan fingerprint density at radius 2 is 1.75 bits per heavy atom. The minimum absolute atomic E-state index is 0. The van der Waals surface area contributed by atoms with Gasteiger partial charge in [-0.25, -0.2) is 0 Å². The first-order valence-electron chi connectivity index (χ1n) is 0.383. The molecule has 0 aromatic heterocycles. The summed E-state index contributed by atoms with van der Waals surface area (Å²) in [7, 11) is 0. The number of hydrogen-bond acceptors (Lipinski definition) is 2. The van der Waals surface area contributed by atoms with Gasteiger partial charge in [0.1, 0.15) is 0 Å². The van der Waals surface area contributed by atoms with Gasteiger partial charge in [-0.3, -0.25) is 0 Å². The summed E-state index contributed by atoms with van der Waals surface area (Å²) in [6, 6.07) is 0. The first kappa shape index (κ1) is 8.98. The minimum Gasteiger partial charge on any atom is -0.379 e. The molecule has 0 atom stereocenters. The standard InChI is InChI=1S/HNO2.Ru/c2-1-3;/h(H,2,3);. The van der Waals surface area contributed by atoms with Crippen LogP contribution >= 0.6 is 0 Å². The van der Waals surface area contributed by atoms with Gasteiger partial charge in [-0.1, -0.05) is 0 Å². The van der Waals surface area contributed by atoms with E-state index in [-0.39, 0.29) is 19.5 Å². The molecule has 0 unspecified atom stereocenters. The number of nitrogens with zero attached hydrogens (tertiary/aromatic N) is 1. The maximum Gasteiger partial charge on any atom is 0.152 e. The summed E-state index contributed by atoms with van der Waals surface area (Å²) in [6.45, 7) is 0. The zero-order valence-corrected chi connectivity index (χ0v) is 3.39. The molecule has 4 heavy (non-hydrogen) atoms. The fraction of sp³-hybridized carbons (Fsp3) is 0. The van der Waals surface area contributed by atoms with Crippen molar-refractivity contribution in [3.05, 3.63) is 4.91 Å². The average Bonchev–Trinajstić information content (AvgIpc) is 0.918. The molecule has 0 aromatic carbocycles. The summed E-state index contributed by atoms with van der Waals surface area (Å²) in [6.07, 6.45) is 0. The molecule has 0 heterocycles. The van der Waals surface area contributed by atoms with Gasteiger partial charge < -0.3 is 5.21 Å². The molecule has 3 nitrogen and oxygen atoms in total. The van der Waals surface area contributed by atoms with Gasteiger partial charge in [0.2, 0.25) is 0 Å². The van der Waals surface area contributed by atoms with Crippen molar-refractivity contribution < 1.29 is 24.7 Å². The third-order valence-corrected chi connectivity index (χ3v) is 0. The van der Waals surface area contributed by atoms with Crippen LogP contribution in [0.25, 0.3) is 0 Å². The van der Waals surface area contributed by atoms with Crippen LogP contribution in [0.1, 0.15) is 0 Å². The van der Waals surface area contributed by atoms with Crippen LogP contribution in [0.5, 0.6) is 0 Å². The van der Waals surface area contributed by atoms with Gasteiger partial charge in [-0.05, 0) is 0 Å². The maximum absolute atomic E-state index is 8.11. The van der Waals surface area contributed by atoms with E-state index in [0.29, 0.717) is 0 Å². The van der Waals surface area contributed by atoms with Crippen molar-refractivity contribution in [2.75, 3.05) is 0 Å². The van der Waals surface area contributed by atoms with Gasteiger partial charge in [0.15, 0.2) is 5.34 Å². The van der Waals surface area contributed by atoms with E-state index in [0.717, 1.165) is 0 Å². The average molecular weight is 148 g/mol. The normalized spacial score (nSPS) is 3.00. The molecule has 0 radical (unpaired) electrons. The molecule has 0 aliphatic heterocycles. The first-order chi connectivity index (χ1) is 1.41. The molecular formula is HNO2Ru. The Balaban J connectivity index is 0. The van der Waals surface area contributed by atoms with Crippen molar-refractivity contribution in [3.8, 4) is 0 Å². The Labute approximate surface area is 35.7 Å². The van der Waals surface area contributed by atoms with Crippen LogP contribution in [-0.2, 0) is 19.5 Å². The van der Waals surface area contributed by atoms with Crippen LogP contribution in [0, 0.1) is 4.91 Å². The molecule has 0 amide bonds. The summed E-state index contributed by atoms with van der Waals surface area (Å²) in [5, 5.41) is 7.89. The topological polar surface area (TPSA) is 49.7 Å². The van der Waals surface area contributed by atoms with Crippen molar-refractivity contribution in [3.63, 3.8) is 0 Å². The molecule has 0 rings (SSSR count). The SMILES string of the molecule is O=NO.[Ru]. The molecule has 26 valence electrons. The largest absolute Gasteiger partial charge is 0.379 e.